The summed E-state index contributed by atoms with van der Waals surface area (Å²) in [5, 5.41) is 5.46. The molecule has 0 amide bonds. The van der Waals surface area contributed by atoms with E-state index < -0.39 is 0 Å². The van der Waals surface area contributed by atoms with E-state index in [4.69, 9.17) is 17.3 Å². The molecule has 2 rings (SSSR count). The van der Waals surface area contributed by atoms with E-state index in [1.165, 1.54) is 32.1 Å². The summed E-state index contributed by atoms with van der Waals surface area (Å²) in [6, 6.07) is 0. The second kappa shape index (κ2) is 6.95. The highest BCUT2D eigenvalue weighted by Gasteiger charge is 2.29. The first kappa shape index (κ1) is 15.8. The highest BCUT2D eigenvalue weighted by Crippen LogP contribution is 2.31. The molecule has 3 nitrogen and oxygen atoms in total. The first-order valence-corrected chi connectivity index (χ1v) is 8.50. The van der Waals surface area contributed by atoms with Gasteiger partial charge in [-0.05, 0) is 26.2 Å². The molecule has 1 fully saturated rings. The van der Waals surface area contributed by atoms with Gasteiger partial charge in [-0.1, -0.05) is 50.6 Å². The Kier molecular flexibility index (Phi) is 5.50. The molecule has 0 atom stereocenters. The molecule has 1 aromatic rings. The van der Waals surface area contributed by atoms with Gasteiger partial charge in [-0.15, -0.1) is 0 Å². The van der Waals surface area contributed by atoms with Gasteiger partial charge in [0.1, 0.15) is 0 Å². The molecule has 0 aliphatic heterocycles. The van der Waals surface area contributed by atoms with Crippen LogP contribution in [0.4, 0.5) is 0 Å². The van der Waals surface area contributed by atoms with Crippen LogP contribution in [-0.4, -0.2) is 15.3 Å². The number of halogens is 1. The first-order chi connectivity index (χ1) is 9.59. The third-order valence-electron chi connectivity index (χ3n) is 4.56. The predicted octanol–water partition coefficient (Wildman–Crippen LogP) is 4.10. The molecule has 0 radical (unpaired) electrons. The zero-order valence-corrected chi connectivity index (χ0v) is 13.7. The van der Waals surface area contributed by atoms with Gasteiger partial charge < -0.3 is 5.73 Å². The zero-order valence-electron chi connectivity index (χ0n) is 12.9. The largest absolute Gasteiger partial charge is 0.325 e. The van der Waals surface area contributed by atoms with Gasteiger partial charge in [-0.3, -0.25) is 4.68 Å². The van der Waals surface area contributed by atoms with Crippen LogP contribution in [0.25, 0.3) is 0 Å². The van der Waals surface area contributed by atoms with E-state index in [1.807, 2.05) is 0 Å². The normalized spacial score (nSPS) is 19.6. The van der Waals surface area contributed by atoms with Gasteiger partial charge in [0.05, 0.1) is 16.4 Å². The quantitative estimate of drug-likeness (QED) is 0.909. The first-order valence-electron chi connectivity index (χ1n) is 8.12. The maximum atomic E-state index is 6.70. The molecule has 0 spiro atoms. The van der Waals surface area contributed by atoms with Crippen LogP contribution in [0.1, 0.15) is 70.2 Å². The maximum absolute atomic E-state index is 6.70. The Bertz CT molecular complexity index is 431. The molecule has 0 aromatic carbocycles. The molecule has 1 saturated carbocycles. The molecular weight excluding hydrogens is 270 g/mol. The molecule has 20 heavy (non-hydrogen) atoms. The van der Waals surface area contributed by atoms with Crippen molar-refractivity contribution in [1.82, 2.24) is 9.78 Å². The average Bonchev–Trinajstić information content (AvgIpc) is 2.71. The summed E-state index contributed by atoms with van der Waals surface area (Å²) >= 11 is 6.52. The Morgan fingerprint density at radius 3 is 2.30 bits per heavy atom. The second-order valence-corrected chi connectivity index (χ2v) is 6.56. The number of aryl methyl sites for hydroxylation is 2. The van der Waals surface area contributed by atoms with Crippen molar-refractivity contribution in [2.45, 2.75) is 83.7 Å². The number of hydrogen-bond acceptors (Lipinski definition) is 2. The van der Waals surface area contributed by atoms with E-state index in [1.54, 1.807) is 0 Å². The van der Waals surface area contributed by atoms with Crippen LogP contribution in [0.5, 0.6) is 0 Å². The fourth-order valence-electron chi connectivity index (χ4n) is 3.31. The van der Waals surface area contributed by atoms with Crippen molar-refractivity contribution in [3.05, 3.63) is 16.4 Å². The van der Waals surface area contributed by atoms with Crippen LogP contribution < -0.4 is 5.73 Å². The van der Waals surface area contributed by atoms with E-state index in [9.17, 15) is 0 Å². The topological polar surface area (TPSA) is 43.8 Å². The Labute approximate surface area is 127 Å². The lowest BCUT2D eigenvalue weighted by Gasteiger charge is -2.31. The summed E-state index contributed by atoms with van der Waals surface area (Å²) in [5.41, 5.74) is 8.77. The Morgan fingerprint density at radius 1 is 1.15 bits per heavy atom. The van der Waals surface area contributed by atoms with Crippen LogP contribution >= 0.6 is 11.6 Å². The van der Waals surface area contributed by atoms with Crippen LogP contribution in [0.2, 0.25) is 5.02 Å². The summed E-state index contributed by atoms with van der Waals surface area (Å²) < 4.78 is 2.05. The predicted molar refractivity (Wildman–Crippen MR) is 85.2 cm³/mol. The molecule has 114 valence electrons. The van der Waals surface area contributed by atoms with Crippen LogP contribution in [-0.2, 0) is 19.4 Å². The lowest BCUT2D eigenvalue weighted by Crippen LogP contribution is -2.43. The van der Waals surface area contributed by atoms with Gasteiger partial charge in [0.25, 0.3) is 0 Å². The van der Waals surface area contributed by atoms with Gasteiger partial charge in [0.2, 0.25) is 0 Å². The fourth-order valence-corrected chi connectivity index (χ4v) is 3.64. The van der Waals surface area contributed by atoms with Gasteiger partial charge in [-0.25, -0.2) is 0 Å². The van der Waals surface area contributed by atoms with Crippen molar-refractivity contribution in [3.8, 4) is 0 Å². The summed E-state index contributed by atoms with van der Waals surface area (Å²) in [4.78, 5) is 0. The van der Waals surface area contributed by atoms with Gasteiger partial charge in [0.15, 0.2) is 0 Å². The molecule has 2 N–H and O–H groups in total. The minimum absolute atomic E-state index is 0.0952. The molecular formula is C16H28ClN3. The van der Waals surface area contributed by atoms with Gasteiger partial charge in [0, 0.05) is 18.5 Å². The Hall–Kier alpha value is -0.540. The summed E-state index contributed by atoms with van der Waals surface area (Å²) in [5.74, 6) is 0. The zero-order chi connectivity index (χ0) is 14.6. The molecule has 0 saturated heterocycles. The molecule has 1 heterocycles. The van der Waals surface area contributed by atoms with Gasteiger partial charge in [-0.2, -0.15) is 5.10 Å². The lowest BCUT2D eigenvalue weighted by atomic mass is 9.81. The third kappa shape index (κ3) is 3.56. The van der Waals surface area contributed by atoms with E-state index in [0.717, 1.165) is 48.6 Å². The fraction of sp³-hybridized carbons (Fsp3) is 0.812. The molecule has 1 aromatic heterocycles. The Morgan fingerprint density at radius 2 is 1.75 bits per heavy atom. The average molecular weight is 298 g/mol. The number of nitrogens with zero attached hydrogens (tertiary/aromatic N) is 2. The van der Waals surface area contributed by atoms with Crippen LogP contribution in [0.3, 0.4) is 0 Å². The van der Waals surface area contributed by atoms with Crippen molar-refractivity contribution < 1.29 is 0 Å². The van der Waals surface area contributed by atoms with Crippen molar-refractivity contribution in [3.63, 3.8) is 0 Å². The number of hydrogen-bond donors (Lipinski definition) is 1. The molecule has 1 aliphatic rings. The highest BCUT2D eigenvalue weighted by molar-refractivity contribution is 6.31. The van der Waals surface area contributed by atoms with Crippen LogP contribution in [0, 0.1) is 0 Å². The maximum Gasteiger partial charge on any atom is 0.0850 e. The SMILES string of the molecule is CCc1nn(CC)c(CC2(N)CCCCCCC2)c1Cl. The summed E-state index contributed by atoms with van der Waals surface area (Å²) in [7, 11) is 0. The van der Waals surface area contributed by atoms with E-state index in [-0.39, 0.29) is 5.54 Å². The summed E-state index contributed by atoms with van der Waals surface area (Å²) in [6.45, 7) is 5.09. The minimum atomic E-state index is -0.0952. The molecule has 0 unspecified atom stereocenters. The lowest BCUT2D eigenvalue weighted by molar-refractivity contribution is 0.308. The number of nitrogens with two attached hydrogens (primary N) is 1. The number of aromatic nitrogens is 2. The standard InChI is InChI=1S/C16H28ClN3/c1-3-13-15(17)14(20(4-2)19-13)12-16(18)10-8-6-5-7-9-11-16/h3-12,18H2,1-2H3. The highest BCUT2D eigenvalue weighted by atomic mass is 35.5. The second-order valence-electron chi connectivity index (χ2n) is 6.18. The van der Waals surface area contributed by atoms with Crippen molar-refractivity contribution >= 4 is 11.6 Å². The molecule has 4 heteroatoms. The van der Waals surface area contributed by atoms with Crippen molar-refractivity contribution in [2.75, 3.05) is 0 Å². The van der Waals surface area contributed by atoms with Crippen LogP contribution in [0.15, 0.2) is 0 Å². The van der Waals surface area contributed by atoms with Crippen molar-refractivity contribution in [1.29, 1.82) is 0 Å². The Balaban J connectivity index is 2.20. The van der Waals surface area contributed by atoms with Crippen molar-refractivity contribution in [2.24, 2.45) is 5.73 Å². The van der Waals surface area contributed by atoms with Gasteiger partial charge >= 0.3 is 0 Å². The monoisotopic (exact) mass is 297 g/mol. The third-order valence-corrected chi connectivity index (χ3v) is 5.00. The summed E-state index contributed by atoms with van der Waals surface area (Å²) in [6.07, 6.45) is 10.5. The molecule has 0 bridgehead atoms. The van der Waals surface area contributed by atoms with E-state index in [0.29, 0.717) is 0 Å². The minimum Gasteiger partial charge on any atom is -0.325 e. The van der Waals surface area contributed by atoms with E-state index >= 15 is 0 Å². The number of rotatable bonds is 4. The van der Waals surface area contributed by atoms with E-state index in [2.05, 4.69) is 23.6 Å². The smallest absolute Gasteiger partial charge is 0.0850 e. The molecule has 1 aliphatic carbocycles.